The molecular weight excluding hydrogens is 459 g/mol. The summed E-state index contributed by atoms with van der Waals surface area (Å²) in [6.45, 7) is 2.03. The fourth-order valence-electron chi connectivity index (χ4n) is 3.54. The van der Waals surface area contributed by atoms with Crippen LogP contribution in [0.1, 0.15) is 29.1 Å². The van der Waals surface area contributed by atoms with Gasteiger partial charge in [-0.05, 0) is 36.2 Å². The molecular formula is C21H20F3N5O3S. The van der Waals surface area contributed by atoms with E-state index in [4.69, 9.17) is 0 Å². The van der Waals surface area contributed by atoms with Crippen molar-refractivity contribution in [2.24, 2.45) is 0 Å². The molecule has 4 N–H and O–H groups in total. The summed E-state index contributed by atoms with van der Waals surface area (Å²) < 4.78 is 38.8. The van der Waals surface area contributed by atoms with E-state index in [1.807, 2.05) is 13.0 Å². The summed E-state index contributed by atoms with van der Waals surface area (Å²) in [6, 6.07) is 6.08. The SMILES string of the molecule is Cc1cc(Nc2nccc(C(F)(F)F)n2)cc(-c2cnc([C@]3(O)CCNC(=O)C[C@@H]3O)s2)c1. The summed E-state index contributed by atoms with van der Waals surface area (Å²) in [6.07, 6.45) is -3.43. The van der Waals surface area contributed by atoms with Gasteiger partial charge in [0.15, 0.2) is 0 Å². The molecule has 174 valence electrons. The Hall–Kier alpha value is -3.09. The average molecular weight is 479 g/mol. The van der Waals surface area contributed by atoms with Crippen molar-refractivity contribution < 1.29 is 28.2 Å². The van der Waals surface area contributed by atoms with Crippen molar-refractivity contribution in [3.05, 3.63) is 52.9 Å². The second-order valence-electron chi connectivity index (χ2n) is 7.75. The molecule has 1 aliphatic heterocycles. The predicted molar refractivity (Wildman–Crippen MR) is 115 cm³/mol. The number of nitrogens with one attached hydrogen (secondary N) is 2. The number of hydrogen-bond donors (Lipinski definition) is 4. The maximum Gasteiger partial charge on any atom is 0.433 e. The van der Waals surface area contributed by atoms with Crippen molar-refractivity contribution in [2.45, 2.75) is 37.6 Å². The number of carbonyl (C=O) groups is 1. The van der Waals surface area contributed by atoms with Crippen molar-refractivity contribution in [2.75, 3.05) is 11.9 Å². The van der Waals surface area contributed by atoms with Gasteiger partial charge in [0, 0.05) is 31.0 Å². The van der Waals surface area contributed by atoms with Gasteiger partial charge in [-0.15, -0.1) is 11.3 Å². The maximum atomic E-state index is 12.9. The summed E-state index contributed by atoms with van der Waals surface area (Å²) in [5, 5.41) is 27.1. The van der Waals surface area contributed by atoms with E-state index in [1.54, 1.807) is 18.3 Å². The number of benzene rings is 1. The number of rotatable bonds is 4. The number of halogens is 3. The minimum absolute atomic E-state index is 0.111. The largest absolute Gasteiger partial charge is 0.433 e. The quantitative estimate of drug-likeness (QED) is 0.454. The highest BCUT2D eigenvalue weighted by Crippen LogP contribution is 2.38. The number of nitrogens with zero attached hydrogens (tertiary/aromatic N) is 3. The van der Waals surface area contributed by atoms with Crippen LogP contribution < -0.4 is 10.6 Å². The number of hydrogen-bond acceptors (Lipinski definition) is 8. The Morgan fingerprint density at radius 3 is 2.82 bits per heavy atom. The fourth-order valence-corrected chi connectivity index (χ4v) is 4.61. The molecule has 0 spiro atoms. The molecule has 2 aromatic heterocycles. The first-order valence-corrected chi connectivity index (χ1v) is 10.8. The van der Waals surface area contributed by atoms with Crippen molar-refractivity contribution in [3.8, 4) is 10.4 Å². The number of carbonyl (C=O) groups excluding carboxylic acids is 1. The minimum atomic E-state index is -4.58. The highest BCUT2D eigenvalue weighted by molar-refractivity contribution is 7.15. The van der Waals surface area contributed by atoms with Gasteiger partial charge in [-0.1, -0.05) is 6.07 Å². The van der Waals surface area contributed by atoms with Crippen molar-refractivity contribution >= 4 is 28.9 Å². The third-order valence-electron chi connectivity index (χ3n) is 5.20. The van der Waals surface area contributed by atoms with Crippen LogP contribution in [0.25, 0.3) is 10.4 Å². The molecule has 0 saturated carbocycles. The van der Waals surface area contributed by atoms with Gasteiger partial charge >= 0.3 is 6.18 Å². The Kier molecular flexibility index (Phi) is 6.08. The summed E-state index contributed by atoms with van der Waals surface area (Å²) in [7, 11) is 0. The van der Waals surface area contributed by atoms with E-state index in [0.717, 1.165) is 17.8 Å². The third-order valence-corrected chi connectivity index (χ3v) is 6.41. The Balaban J connectivity index is 1.62. The minimum Gasteiger partial charge on any atom is -0.389 e. The van der Waals surface area contributed by atoms with Crippen LogP contribution >= 0.6 is 11.3 Å². The number of thiazole rings is 1. The maximum absolute atomic E-state index is 12.9. The predicted octanol–water partition coefficient (Wildman–Crippen LogP) is 3.13. The molecule has 1 amide bonds. The molecule has 8 nitrogen and oxygen atoms in total. The van der Waals surface area contributed by atoms with E-state index in [1.165, 1.54) is 11.3 Å². The number of anilines is 2. The van der Waals surface area contributed by atoms with E-state index in [9.17, 15) is 28.2 Å². The first-order chi connectivity index (χ1) is 15.5. The fraction of sp³-hybridized carbons (Fsp3) is 0.333. The number of aliphatic hydroxyl groups is 2. The lowest BCUT2D eigenvalue weighted by Crippen LogP contribution is -2.39. The molecule has 1 aromatic carbocycles. The molecule has 12 heteroatoms. The lowest BCUT2D eigenvalue weighted by atomic mass is 9.92. The molecule has 4 rings (SSSR count). The van der Waals surface area contributed by atoms with Crippen LogP contribution in [0, 0.1) is 6.92 Å². The van der Waals surface area contributed by atoms with Crippen molar-refractivity contribution in [3.63, 3.8) is 0 Å². The van der Waals surface area contributed by atoms with E-state index in [0.29, 0.717) is 16.1 Å². The highest BCUT2D eigenvalue weighted by atomic mass is 32.1. The van der Waals surface area contributed by atoms with Gasteiger partial charge in [0.25, 0.3) is 0 Å². The lowest BCUT2D eigenvalue weighted by Gasteiger charge is -2.28. The Bertz CT molecular complexity index is 1190. The van der Waals surface area contributed by atoms with E-state index in [-0.39, 0.29) is 36.2 Å². The summed E-state index contributed by atoms with van der Waals surface area (Å²) in [4.78, 5) is 24.0. The highest BCUT2D eigenvalue weighted by Gasteiger charge is 2.43. The van der Waals surface area contributed by atoms with Crippen LogP contribution in [0.4, 0.5) is 24.8 Å². The second kappa shape index (κ2) is 8.69. The van der Waals surface area contributed by atoms with Crippen molar-refractivity contribution in [1.82, 2.24) is 20.3 Å². The van der Waals surface area contributed by atoms with Gasteiger partial charge in [-0.3, -0.25) is 4.79 Å². The number of aromatic nitrogens is 3. The molecule has 0 bridgehead atoms. The lowest BCUT2D eigenvalue weighted by molar-refractivity contribution is -0.141. The molecule has 0 aliphatic carbocycles. The number of aliphatic hydroxyl groups excluding tert-OH is 1. The smallest absolute Gasteiger partial charge is 0.389 e. The van der Waals surface area contributed by atoms with Crippen LogP contribution in [0.3, 0.4) is 0 Å². The molecule has 0 unspecified atom stereocenters. The molecule has 0 radical (unpaired) electrons. The zero-order chi connectivity index (χ0) is 23.8. The van der Waals surface area contributed by atoms with Gasteiger partial charge in [0.2, 0.25) is 11.9 Å². The first-order valence-electron chi connectivity index (χ1n) is 9.97. The van der Waals surface area contributed by atoms with Crippen LogP contribution in [0.15, 0.2) is 36.7 Å². The van der Waals surface area contributed by atoms with Crippen molar-refractivity contribution in [1.29, 1.82) is 0 Å². The molecule has 2 atom stereocenters. The van der Waals surface area contributed by atoms with Gasteiger partial charge < -0.3 is 20.8 Å². The summed E-state index contributed by atoms with van der Waals surface area (Å²) in [5.74, 6) is -0.541. The van der Waals surface area contributed by atoms with Crippen LogP contribution in [0.5, 0.6) is 0 Å². The topological polar surface area (TPSA) is 120 Å². The zero-order valence-corrected chi connectivity index (χ0v) is 18.2. The molecule has 1 saturated heterocycles. The third kappa shape index (κ3) is 4.97. The number of aryl methyl sites for hydroxylation is 1. The normalized spacial score (nSPS) is 21.4. The van der Waals surface area contributed by atoms with Crippen LogP contribution in [0.2, 0.25) is 0 Å². The summed E-state index contributed by atoms with van der Waals surface area (Å²) in [5.41, 5.74) is -0.724. The number of amides is 1. The molecule has 3 aromatic rings. The van der Waals surface area contributed by atoms with E-state index < -0.39 is 23.6 Å². The Morgan fingerprint density at radius 2 is 2.06 bits per heavy atom. The Morgan fingerprint density at radius 1 is 1.27 bits per heavy atom. The zero-order valence-electron chi connectivity index (χ0n) is 17.3. The monoisotopic (exact) mass is 479 g/mol. The van der Waals surface area contributed by atoms with Gasteiger partial charge in [0.1, 0.15) is 16.3 Å². The van der Waals surface area contributed by atoms with Gasteiger partial charge in [-0.2, -0.15) is 13.2 Å². The van der Waals surface area contributed by atoms with Gasteiger partial charge in [-0.25, -0.2) is 15.0 Å². The Labute approximate surface area is 190 Å². The van der Waals surface area contributed by atoms with Crippen LogP contribution in [-0.2, 0) is 16.6 Å². The molecule has 1 fully saturated rings. The molecule has 33 heavy (non-hydrogen) atoms. The molecule has 3 heterocycles. The van der Waals surface area contributed by atoms with E-state index in [2.05, 4.69) is 25.6 Å². The second-order valence-corrected chi connectivity index (χ2v) is 8.78. The summed E-state index contributed by atoms with van der Waals surface area (Å²) >= 11 is 1.17. The standard InChI is InChI=1S/C21H20F3N5O3S/c1-11-6-12(8-13(7-11)28-19-26-4-2-15(29-19)21(22,23)24)14-10-27-18(33-14)20(32)3-5-25-17(31)9-16(20)30/h2,4,6-8,10,16,30,32H,3,5,9H2,1H3,(H,25,31)(H,26,28,29)/t16-,20-/m0/s1. The molecule has 1 aliphatic rings. The average Bonchev–Trinajstić information content (AvgIpc) is 3.19. The van der Waals surface area contributed by atoms with Crippen LogP contribution in [-0.4, -0.2) is 43.7 Å². The van der Waals surface area contributed by atoms with Gasteiger partial charge in [0.05, 0.1) is 17.4 Å². The van der Waals surface area contributed by atoms with E-state index >= 15 is 0 Å². The first kappa shape index (κ1) is 23.1. The number of alkyl halides is 3.